The lowest BCUT2D eigenvalue weighted by Gasteiger charge is -2.19. The average Bonchev–Trinajstić information content (AvgIpc) is 2.83. The monoisotopic (exact) mass is 287 g/mol. The molecule has 18 heavy (non-hydrogen) atoms. The molecule has 1 aromatic heterocycles. The van der Waals surface area contributed by atoms with Crippen LogP contribution in [0.2, 0.25) is 0 Å². The molecule has 0 aromatic carbocycles. The SMILES string of the molecule is Cc1cc(CNC2CCCC2S(C)(=O)=O)sc1C. The predicted octanol–water partition coefficient (Wildman–Crippen LogP) is 2.42. The molecule has 1 aromatic rings. The number of sulfone groups is 1. The summed E-state index contributed by atoms with van der Waals surface area (Å²) in [5, 5.41) is 3.23. The molecule has 102 valence electrons. The molecule has 0 aliphatic heterocycles. The molecule has 0 saturated heterocycles. The molecule has 0 spiro atoms. The second kappa shape index (κ2) is 5.31. The second-order valence-electron chi connectivity index (χ2n) is 5.24. The third-order valence-electron chi connectivity index (χ3n) is 3.76. The first-order valence-electron chi connectivity index (χ1n) is 6.36. The van der Waals surface area contributed by atoms with Gasteiger partial charge >= 0.3 is 0 Å². The molecule has 5 heteroatoms. The van der Waals surface area contributed by atoms with Crippen LogP contribution in [0.25, 0.3) is 0 Å². The van der Waals surface area contributed by atoms with E-state index in [-0.39, 0.29) is 11.3 Å². The summed E-state index contributed by atoms with van der Waals surface area (Å²) in [7, 11) is -2.92. The van der Waals surface area contributed by atoms with Crippen LogP contribution < -0.4 is 5.32 Å². The van der Waals surface area contributed by atoms with Crippen molar-refractivity contribution in [3.05, 3.63) is 21.4 Å². The minimum absolute atomic E-state index is 0.128. The van der Waals surface area contributed by atoms with Gasteiger partial charge in [0.1, 0.15) is 0 Å². The highest BCUT2D eigenvalue weighted by Crippen LogP contribution is 2.26. The molecule has 0 bridgehead atoms. The van der Waals surface area contributed by atoms with E-state index < -0.39 is 9.84 Å². The molecule has 1 aliphatic carbocycles. The van der Waals surface area contributed by atoms with Crippen molar-refractivity contribution in [1.82, 2.24) is 5.32 Å². The highest BCUT2D eigenvalue weighted by atomic mass is 32.2. The van der Waals surface area contributed by atoms with Gasteiger partial charge in [0.15, 0.2) is 9.84 Å². The first-order valence-corrected chi connectivity index (χ1v) is 9.13. The molecule has 1 heterocycles. The van der Waals surface area contributed by atoms with Crippen LogP contribution in [-0.2, 0) is 16.4 Å². The third-order valence-corrected chi connectivity index (χ3v) is 6.57. The largest absolute Gasteiger partial charge is 0.308 e. The van der Waals surface area contributed by atoms with E-state index in [4.69, 9.17) is 0 Å². The first kappa shape index (κ1) is 14.0. The number of hydrogen-bond donors (Lipinski definition) is 1. The summed E-state index contributed by atoms with van der Waals surface area (Å²) in [5.41, 5.74) is 1.32. The number of thiophene rings is 1. The van der Waals surface area contributed by atoms with Gasteiger partial charge in [0.25, 0.3) is 0 Å². The Kier molecular flexibility index (Phi) is 4.14. The number of hydrogen-bond acceptors (Lipinski definition) is 4. The lowest BCUT2D eigenvalue weighted by atomic mass is 10.2. The summed E-state index contributed by atoms with van der Waals surface area (Å²) >= 11 is 1.79. The minimum atomic E-state index is -2.92. The maximum Gasteiger partial charge on any atom is 0.151 e. The minimum Gasteiger partial charge on any atom is -0.308 e. The standard InChI is InChI=1S/C13H21NO2S2/c1-9-7-11(17-10(9)2)8-14-12-5-4-6-13(12)18(3,15)16/h7,12-14H,4-6,8H2,1-3H3. The fourth-order valence-electron chi connectivity index (χ4n) is 2.64. The molecule has 1 saturated carbocycles. The van der Waals surface area contributed by atoms with Gasteiger partial charge in [-0.05, 0) is 38.3 Å². The number of aryl methyl sites for hydroxylation is 2. The van der Waals surface area contributed by atoms with Crippen molar-refractivity contribution in [1.29, 1.82) is 0 Å². The van der Waals surface area contributed by atoms with E-state index in [1.807, 2.05) is 0 Å². The van der Waals surface area contributed by atoms with Gasteiger partial charge < -0.3 is 5.32 Å². The van der Waals surface area contributed by atoms with Gasteiger partial charge in [-0.2, -0.15) is 0 Å². The molecule has 2 unspecified atom stereocenters. The van der Waals surface area contributed by atoms with Crippen LogP contribution in [0, 0.1) is 13.8 Å². The van der Waals surface area contributed by atoms with E-state index in [1.165, 1.54) is 21.6 Å². The van der Waals surface area contributed by atoms with Crippen LogP contribution in [0.4, 0.5) is 0 Å². The summed E-state index contributed by atoms with van der Waals surface area (Å²) in [6.07, 6.45) is 4.15. The van der Waals surface area contributed by atoms with Gasteiger partial charge in [0, 0.05) is 28.6 Å². The van der Waals surface area contributed by atoms with E-state index >= 15 is 0 Å². The van der Waals surface area contributed by atoms with Gasteiger partial charge in [-0.15, -0.1) is 11.3 Å². The zero-order valence-electron chi connectivity index (χ0n) is 11.2. The van der Waals surface area contributed by atoms with Crippen LogP contribution in [-0.4, -0.2) is 26.0 Å². The molecule has 0 radical (unpaired) electrons. The van der Waals surface area contributed by atoms with E-state index in [0.717, 1.165) is 25.8 Å². The molecule has 2 atom stereocenters. The summed E-state index contributed by atoms with van der Waals surface area (Å²) < 4.78 is 23.4. The van der Waals surface area contributed by atoms with Gasteiger partial charge in [-0.25, -0.2) is 8.42 Å². The highest BCUT2D eigenvalue weighted by molar-refractivity contribution is 7.91. The van der Waals surface area contributed by atoms with Crippen LogP contribution >= 0.6 is 11.3 Å². The van der Waals surface area contributed by atoms with Crippen molar-refractivity contribution in [2.24, 2.45) is 0 Å². The lowest BCUT2D eigenvalue weighted by molar-refractivity contribution is 0.509. The fourth-order valence-corrected chi connectivity index (χ4v) is 5.07. The van der Waals surface area contributed by atoms with E-state index in [0.29, 0.717) is 0 Å². The predicted molar refractivity (Wildman–Crippen MR) is 76.9 cm³/mol. The molecule has 2 rings (SSSR count). The van der Waals surface area contributed by atoms with Crippen molar-refractivity contribution < 1.29 is 8.42 Å². The van der Waals surface area contributed by atoms with Crippen LogP contribution in [0.1, 0.15) is 34.6 Å². The fraction of sp³-hybridized carbons (Fsp3) is 0.692. The molecule has 3 nitrogen and oxygen atoms in total. The van der Waals surface area contributed by atoms with Gasteiger partial charge in [-0.1, -0.05) is 6.42 Å². The zero-order valence-corrected chi connectivity index (χ0v) is 12.8. The molecule has 1 fully saturated rings. The van der Waals surface area contributed by atoms with E-state index in [1.54, 1.807) is 11.3 Å². The Morgan fingerprint density at radius 3 is 2.67 bits per heavy atom. The second-order valence-corrected chi connectivity index (χ2v) is 8.84. The highest BCUT2D eigenvalue weighted by Gasteiger charge is 2.34. The van der Waals surface area contributed by atoms with Crippen molar-refractivity contribution in [2.75, 3.05) is 6.26 Å². The third kappa shape index (κ3) is 3.13. The van der Waals surface area contributed by atoms with Crippen molar-refractivity contribution in [3.63, 3.8) is 0 Å². The molecular weight excluding hydrogens is 266 g/mol. The summed E-state index contributed by atoms with van der Waals surface area (Å²) in [6.45, 7) is 5.03. The van der Waals surface area contributed by atoms with E-state index in [9.17, 15) is 8.42 Å². The normalized spacial score (nSPS) is 24.6. The molecule has 1 N–H and O–H groups in total. The molecule has 0 amide bonds. The Labute approximate surface area is 114 Å². The van der Waals surface area contributed by atoms with Gasteiger partial charge in [0.2, 0.25) is 0 Å². The topological polar surface area (TPSA) is 46.2 Å². The summed E-state index contributed by atoms with van der Waals surface area (Å²) in [6, 6.07) is 2.32. The Bertz CT molecular complexity index is 500. The summed E-state index contributed by atoms with van der Waals surface area (Å²) in [4.78, 5) is 2.64. The molecular formula is C13H21NO2S2. The maximum absolute atomic E-state index is 11.7. The summed E-state index contributed by atoms with van der Waals surface area (Å²) in [5.74, 6) is 0. The van der Waals surface area contributed by atoms with Crippen LogP contribution in [0.5, 0.6) is 0 Å². The number of nitrogens with one attached hydrogen (secondary N) is 1. The zero-order chi connectivity index (χ0) is 13.3. The molecule has 1 aliphatic rings. The maximum atomic E-state index is 11.7. The Hall–Kier alpha value is -0.390. The van der Waals surface area contributed by atoms with Crippen LogP contribution in [0.3, 0.4) is 0 Å². The lowest BCUT2D eigenvalue weighted by Crippen LogP contribution is -2.39. The van der Waals surface area contributed by atoms with Crippen molar-refractivity contribution in [3.8, 4) is 0 Å². The number of rotatable bonds is 4. The first-order chi connectivity index (χ1) is 8.38. The smallest absolute Gasteiger partial charge is 0.151 e. The Morgan fingerprint density at radius 1 is 1.39 bits per heavy atom. The quantitative estimate of drug-likeness (QED) is 0.925. The van der Waals surface area contributed by atoms with Gasteiger partial charge in [0.05, 0.1) is 5.25 Å². The van der Waals surface area contributed by atoms with Crippen molar-refractivity contribution >= 4 is 21.2 Å². The Morgan fingerprint density at radius 2 is 2.11 bits per heavy atom. The van der Waals surface area contributed by atoms with Gasteiger partial charge in [-0.3, -0.25) is 0 Å². The van der Waals surface area contributed by atoms with E-state index in [2.05, 4.69) is 25.2 Å². The van der Waals surface area contributed by atoms with Crippen LogP contribution in [0.15, 0.2) is 6.07 Å². The average molecular weight is 287 g/mol. The Balaban J connectivity index is 1.98. The van der Waals surface area contributed by atoms with Crippen molar-refractivity contribution in [2.45, 2.75) is 50.9 Å².